The van der Waals surface area contributed by atoms with Crippen molar-refractivity contribution in [2.24, 2.45) is 0 Å². The summed E-state index contributed by atoms with van der Waals surface area (Å²) in [4.78, 5) is 28.7. The van der Waals surface area contributed by atoms with E-state index in [0.29, 0.717) is 27.8 Å². The van der Waals surface area contributed by atoms with Gasteiger partial charge in [0.05, 0.1) is 5.75 Å². The molecular weight excluding hydrogens is 530 g/mol. The van der Waals surface area contributed by atoms with E-state index < -0.39 is 17.4 Å². The number of nitrogens with zero attached hydrogens (tertiary/aromatic N) is 1. The van der Waals surface area contributed by atoms with Gasteiger partial charge in [-0.1, -0.05) is 77.8 Å². The zero-order chi connectivity index (χ0) is 27.0. The normalized spacial score (nSPS) is 12.2. The molecule has 3 aromatic rings. The number of hydrogen-bond acceptors (Lipinski definition) is 3. The van der Waals surface area contributed by atoms with Crippen molar-refractivity contribution in [2.75, 3.05) is 5.75 Å². The van der Waals surface area contributed by atoms with Gasteiger partial charge in [0.1, 0.15) is 11.9 Å². The monoisotopic (exact) mass is 560 g/mol. The molecule has 1 atom stereocenters. The van der Waals surface area contributed by atoms with Crippen LogP contribution in [0.15, 0.2) is 72.8 Å². The molecule has 3 rings (SSSR count). The van der Waals surface area contributed by atoms with Crippen LogP contribution in [0.5, 0.6) is 0 Å². The second kappa shape index (κ2) is 13.3. The van der Waals surface area contributed by atoms with Crippen molar-refractivity contribution >= 4 is 46.8 Å². The molecule has 0 spiro atoms. The number of amides is 2. The van der Waals surface area contributed by atoms with Crippen LogP contribution < -0.4 is 5.32 Å². The molecule has 0 saturated heterocycles. The molecule has 0 radical (unpaired) electrons. The molecule has 3 aromatic carbocycles. The summed E-state index contributed by atoms with van der Waals surface area (Å²) in [6.45, 7) is 5.62. The van der Waals surface area contributed by atoms with Gasteiger partial charge in [-0.3, -0.25) is 9.59 Å². The number of carbonyl (C=O) groups excluding carboxylic acids is 2. The lowest BCUT2D eigenvalue weighted by Gasteiger charge is -2.34. The van der Waals surface area contributed by atoms with E-state index in [4.69, 9.17) is 23.2 Å². The maximum Gasteiger partial charge on any atom is 0.243 e. The Morgan fingerprint density at radius 2 is 1.57 bits per heavy atom. The number of benzene rings is 3. The van der Waals surface area contributed by atoms with E-state index in [-0.39, 0.29) is 24.1 Å². The minimum atomic E-state index is -0.835. The molecule has 196 valence electrons. The second-order valence-corrected chi connectivity index (χ2v) is 11.6. The number of hydrogen-bond donors (Lipinski definition) is 1. The van der Waals surface area contributed by atoms with Crippen LogP contribution in [0.1, 0.15) is 37.5 Å². The van der Waals surface area contributed by atoms with E-state index in [1.54, 1.807) is 36.4 Å². The van der Waals surface area contributed by atoms with Crippen LogP contribution in [0, 0.1) is 5.82 Å². The molecule has 0 aliphatic rings. The Bertz CT molecular complexity index is 1200. The van der Waals surface area contributed by atoms with E-state index in [2.05, 4.69) is 5.32 Å². The molecule has 37 heavy (non-hydrogen) atoms. The maximum atomic E-state index is 14.7. The topological polar surface area (TPSA) is 49.4 Å². The maximum absolute atomic E-state index is 14.7. The number of carbonyl (C=O) groups is 2. The average molecular weight is 562 g/mol. The van der Waals surface area contributed by atoms with Crippen LogP contribution in [-0.4, -0.2) is 34.0 Å². The third-order valence-corrected chi connectivity index (χ3v) is 7.25. The summed E-state index contributed by atoms with van der Waals surface area (Å²) >= 11 is 13.9. The zero-order valence-corrected chi connectivity index (χ0v) is 23.5. The largest absolute Gasteiger partial charge is 0.350 e. The zero-order valence-electron chi connectivity index (χ0n) is 21.1. The van der Waals surface area contributed by atoms with Gasteiger partial charge in [0.15, 0.2) is 0 Å². The molecule has 0 aliphatic heterocycles. The summed E-state index contributed by atoms with van der Waals surface area (Å²) < 4.78 is 14.7. The first-order chi connectivity index (χ1) is 17.5. The van der Waals surface area contributed by atoms with Gasteiger partial charge in [-0.15, -0.1) is 11.8 Å². The van der Waals surface area contributed by atoms with Crippen LogP contribution in [0.25, 0.3) is 0 Å². The molecule has 0 fully saturated rings. The highest BCUT2D eigenvalue weighted by Gasteiger charge is 2.32. The third-order valence-electron chi connectivity index (χ3n) is 5.60. The Morgan fingerprint density at radius 1 is 0.946 bits per heavy atom. The third kappa shape index (κ3) is 8.77. The molecule has 1 N–H and O–H groups in total. The smallest absolute Gasteiger partial charge is 0.243 e. The minimum Gasteiger partial charge on any atom is -0.350 e. The molecular formula is C29H31Cl2FN2O2S. The molecule has 0 heterocycles. The van der Waals surface area contributed by atoms with Gasteiger partial charge in [-0.25, -0.2) is 4.39 Å². The van der Waals surface area contributed by atoms with Crippen LogP contribution in [0.2, 0.25) is 10.0 Å². The Labute approximate surface area is 232 Å². The number of rotatable bonds is 10. The van der Waals surface area contributed by atoms with Crippen molar-refractivity contribution in [1.29, 1.82) is 0 Å². The quantitative estimate of drug-likeness (QED) is 0.292. The summed E-state index contributed by atoms with van der Waals surface area (Å²) in [7, 11) is 0. The first-order valence-electron chi connectivity index (χ1n) is 11.9. The van der Waals surface area contributed by atoms with Crippen molar-refractivity contribution in [3.05, 3.63) is 105 Å². The van der Waals surface area contributed by atoms with Gasteiger partial charge >= 0.3 is 0 Å². The van der Waals surface area contributed by atoms with E-state index in [1.165, 1.54) is 22.7 Å². The van der Waals surface area contributed by atoms with Crippen LogP contribution in [-0.2, 0) is 28.3 Å². The molecule has 2 amide bonds. The Balaban J connectivity index is 1.90. The molecule has 0 bridgehead atoms. The molecule has 0 aromatic heterocycles. The van der Waals surface area contributed by atoms with Gasteiger partial charge < -0.3 is 10.2 Å². The van der Waals surface area contributed by atoms with Crippen LogP contribution >= 0.6 is 35.0 Å². The molecule has 0 saturated carbocycles. The van der Waals surface area contributed by atoms with Crippen molar-refractivity contribution in [3.63, 3.8) is 0 Å². The fourth-order valence-corrected chi connectivity index (χ4v) is 5.46. The van der Waals surface area contributed by atoms with Crippen LogP contribution in [0.3, 0.4) is 0 Å². The standard InChI is InChI=1S/C29H31Cl2FN2O2S/c1-29(2,3)33-28(36)26(16-20-10-5-4-6-11-20)34(17-21-12-7-8-15-25(21)32)27(35)19-37-18-22-23(30)13-9-14-24(22)31/h4-15,26H,16-19H2,1-3H3,(H,33,36)/t26-/m0/s1. The lowest BCUT2D eigenvalue weighted by molar-refractivity contribution is -0.140. The highest BCUT2D eigenvalue weighted by Crippen LogP contribution is 2.29. The van der Waals surface area contributed by atoms with E-state index in [9.17, 15) is 14.0 Å². The summed E-state index contributed by atoms with van der Waals surface area (Å²) in [5.74, 6) is -0.494. The van der Waals surface area contributed by atoms with Crippen molar-refractivity contribution < 1.29 is 14.0 Å². The second-order valence-electron chi connectivity index (χ2n) is 9.75. The summed E-state index contributed by atoms with van der Waals surface area (Å²) in [6, 6.07) is 20.2. The van der Waals surface area contributed by atoms with Crippen molar-refractivity contribution in [3.8, 4) is 0 Å². The number of nitrogens with one attached hydrogen (secondary N) is 1. The summed E-state index contributed by atoms with van der Waals surface area (Å²) in [5.41, 5.74) is 1.49. The Hall–Kier alpha value is -2.54. The van der Waals surface area contributed by atoms with Crippen LogP contribution in [0.4, 0.5) is 4.39 Å². The number of thioether (sulfide) groups is 1. The summed E-state index contributed by atoms with van der Waals surface area (Å²) in [5, 5.41) is 4.06. The predicted octanol–water partition coefficient (Wildman–Crippen LogP) is 6.92. The first kappa shape index (κ1) is 29.0. The van der Waals surface area contributed by atoms with Gasteiger partial charge in [0.2, 0.25) is 11.8 Å². The molecule has 8 heteroatoms. The lowest BCUT2D eigenvalue weighted by Crippen LogP contribution is -2.54. The van der Waals surface area contributed by atoms with Gasteiger partial charge in [-0.05, 0) is 50.1 Å². The summed E-state index contributed by atoms with van der Waals surface area (Å²) in [6.07, 6.45) is 0.296. The minimum absolute atomic E-state index is 0.0338. The Kier molecular flexibility index (Phi) is 10.4. The van der Waals surface area contributed by atoms with Crippen molar-refractivity contribution in [2.45, 2.75) is 51.1 Å². The lowest BCUT2D eigenvalue weighted by atomic mass is 10.0. The molecule has 0 aliphatic carbocycles. The molecule has 4 nitrogen and oxygen atoms in total. The fourth-order valence-electron chi connectivity index (χ4n) is 3.81. The van der Waals surface area contributed by atoms with E-state index in [0.717, 1.165) is 11.1 Å². The van der Waals surface area contributed by atoms with E-state index in [1.807, 2.05) is 51.1 Å². The highest BCUT2D eigenvalue weighted by atomic mass is 35.5. The number of halogens is 3. The average Bonchev–Trinajstić information content (AvgIpc) is 2.83. The highest BCUT2D eigenvalue weighted by molar-refractivity contribution is 7.99. The van der Waals surface area contributed by atoms with Crippen molar-refractivity contribution in [1.82, 2.24) is 10.2 Å². The van der Waals surface area contributed by atoms with Gasteiger partial charge in [0, 0.05) is 39.9 Å². The SMILES string of the molecule is CC(C)(C)NC(=O)[C@H](Cc1ccccc1)N(Cc1ccccc1F)C(=O)CSCc1c(Cl)cccc1Cl. The first-order valence-corrected chi connectivity index (χ1v) is 13.9. The predicted molar refractivity (Wildman–Crippen MR) is 151 cm³/mol. The Morgan fingerprint density at radius 3 is 2.19 bits per heavy atom. The fraction of sp³-hybridized carbons (Fsp3) is 0.310. The van der Waals surface area contributed by atoms with Gasteiger partial charge in [-0.2, -0.15) is 0 Å². The molecule has 0 unspecified atom stereocenters. The van der Waals surface area contributed by atoms with Gasteiger partial charge in [0.25, 0.3) is 0 Å². The van der Waals surface area contributed by atoms with E-state index >= 15 is 0 Å².